The number of nitrogens with zero attached hydrogens (tertiary/aromatic N) is 1. The smallest absolute Gasteiger partial charge is 0.263 e. The Morgan fingerprint density at radius 2 is 1.10 bits per heavy atom. The van der Waals surface area contributed by atoms with Crippen molar-refractivity contribution in [2.24, 2.45) is 0 Å². The van der Waals surface area contributed by atoms with E-state index < -0.39 is 0 Å². The first-order chi connectivity index (χ1) is 14.7. The van der Waals surface area contributed by atoms with Crippen LogP contribution in [0.25, 0.3) is 38.8 Å². The quantitative estimate of drug-likeness (QED) is 0.346. The van der Waals surface area contributed by atoms with Crippen LogP contribution in [-0.4, -0.2) is 4.57 Å². The predicted molar refractivity (Wildman–Crippen MR) is 120 cm³/mol. The monoisotopic (exact) mass is 391 g/mol. The molecule has 0 fully saturated rings. The maximum absolute atomic E-state index is 13.7. The summed E-state index contributed by atoms with van der Waals surface area (Å²) in [5.41, 5.74) is 4.20. The van der Waals surface area contributed by atoms with Gasteiger partial charge in [-0.2, -0.15) is 0 Å². The van der Waals surface area contributed by atoms with Gasteiger partial charge in [0.25, 0.3) is 5.56 Å². The van der Waals surface area contributed by atoms with Crippen molar-refractivity contribution >= 4 is 10.8 Å². The number of hydrogen-bond donors (Lipinski definition) is 0. The molecule has 4 aromatic carbocycles. The molecule has 30 heavy (non-hydrogen) atoms. The third-order valence-electron chi connectivity index (χ3n) is 5.28. The van der Waals surface area contributed by atoms with Crippen LogP contribution >= 0.6 is 0 Å². The van der Waals surface area contributed by atoms with E-state index in [1.807, 2.05) is 84.9 Å². The zero-order chi connectivity index (χ0) is 20.5. The average molecular weight is 391 g/mol. The van der Waals surface area contributed by atoms with Gasteiger partial charge in [0, 0.05) is 16.6 Å². The molecule has 1 heterocycles. The zero-order valence-corrected chi connectivity index (χ0v) is 16.1. The van der Waals surface area contributed by atoms with Gasteiger partial charge in [0.1, 0.15) is 5.82 Å². The topological polar surface area (TPSA) is 22.0 Å². The largest absolute Gasteiger partial charge is 0.276 e. The van der Waals surface area contributed by atoms with Gasteiger partial charge in [-0.3, -0.25) is 9.36 Å². The molecule has 0 aliphatic rings. The van der Waals surface area contributed by atoms with Crippen LogP contribution < -0.4 is 5.56 Å². The zero-order valence-electron chi connectivity index (χ0n) is 16.1. The number of hydrogen-bond acceptors (Lipinski definition) is 1. The summed E-state index contributed by atoms with van der Waals surface area (Å²) in [5, 5.41) is 1.52. The van der Waals surface area contributed by atoms with E-state index in [2.05, 4.69) is 0 Å². The Kier molecular flexibility index (Phi) is 4.49. The fourth-order valence-corrected chi connectivity index (χ4v) is 3.95. The van der Waals surface area contributed by atoms with Gasteiger partial charge >= 0.3 is 0 Å². The lowest BCUT2D eigenvalue weighted by Gasteiger charge is -2.20. The normalized spacial score (nSPS) is 11.0. The predicted octanol–water partition coefficient (Wildman–Crippen LogP) is 6.46. The first-order valence-corrected chi connectivity index (χ1v) is 9.78. The number of pyridine rings is 1. The lowest BCUT2D eigenvalue weighted by Crippen LogP contribution is -2.21. The molecule has 1 aromatic heterocycles. The van der Waals surface area contributed by atoms with Gasteiger partial charge in [-0.15, -0.1) is 0 Å². The molecule has 0 aliphatic carbocycles. The van der Waals surface area contributed by atoms with Crippen LogP contribution in [0.4, 0.5) is 4.39 Å². The molecule has 144 valence electrons. The molecule has 5 rings (SSSR count). The maximum atomic E-state index is 13.7. The van der Waals surface area contributed by atoms with E-state index in [4.69, 9.17) is 0 Å². The fraction of sp³-hybridized carbons (Fsp3) is 0. The molecule has 0 bridgehead atoms. The lowest BCUT2D eigenvalue weighted by molar-refractivity contribution is 0.627. The molecular formula is C27H18FNO. The fourth-order valence-electron chi connectivity index (χ4n) is 3.95. The summed E-state index contributed by atoms with van der Waals surface area (Å²) in [5.74, 6) is -0.336. The van der Waals surface area contributed by atoms with Crippen LogP contribution in [-0.2, 0) is 0 Å². The highest BCUT2D eigenvalue weighted by Gasteiger charge is 2.20. The molecule has 0 unspecified atom stereocenters. The standard InChI is InChI=1S/C27H18FNO/c28-21-15-17-22(18-16-21)29-26(20-11-5-2-6-12-20)25(19-9-3-1-4-10-19)23-13-7-8-14-24(23)27(29)30/h1-18H. The van der Waals surface area contributed by atoms with Crippen LogP contribution in [0, 0.1) is 5.82 Å². The van der Waals surface area contributed by atoms with Gasteiger partial charge in [-0.05, 0) is 46.8 Å². The van der Waals surface area contributed by atoms with Gasteiger partial charge in [0.15, 0.2) is 0 Å². The number of halogens is 1. The third kappa shape index (κ3) is 3.01. The second-order valence-corrected chi connectivity index (χ2v) is 7.12. The third-order valence-corrected chi connectivity index (χ3v) is 5.28. The number of benzene rings is 4. The molecule has 0 saturated carbocycles. The van der Waals surface area contributed by atoms with Gasteiger partial charge in [-0.1, -0.05) is 78.9 Å². The van der Waals surface area contributed by atoms with Gasteiger partial charge in [-0.25, -0.2) is 4.39 Å². The van der Waals surface area contributed by atoms with Gasteiger partial charge in [0.2, 0.25) is 0 Å². The van der Waals surface area contributed by atoms with Gasteiger partial charge in [0.05, 0.1) is 5.69 Å². The Morgan fingerprint density at radius 3 is 1.73 bits per heavy atom. The molecule has 0 spiro atoms. The molecule has 5 aromatic rings. The first kappa shape index (κ1) is 18.1. The van der Waals surface area contributed by atoms with Crippen molar-refractivity contribution in [3.8, 4) is 28.1 Å². The summed E-state index contributed by atoms with van der Waals surface area (Å²) in [7, 11) is 0. The Labute approximate surface area is 173 Å². The van der Waals surface area contributed by atoms with Crippen LogP contribution in [0.2, 0.25) is 0 Å². The molecule has 0 saturated heterocycles. The van der Waals surface area contributed by atoms with E-state index in [0.717, 1.165) is 27.8 Å². The average Bonchev–Trinajstić information content (AvgIpc) is 2.81. The molecule has 3 heteroatoms. The SMILES string of the molecule is O=c1c2ccccc2c(-c2ccccc2)c(-c2ccccc2)n1-c1ccc(F)cc1. The molecule has 0 atom stereocenters. The summed E-state index contributed by atoms with van der Waals surface area (Å²) in [4.78, 5) is 13.7. The van der Waals surface area contributed by atoms with Crippen molar-refractivity contribution in [2.75, 3.05) is 0 Å². The van der Waals surface area contributed by atoms with Crippen LogP contribution in [0.3, 0.4) is 0 Å². The highest BCUT2D eigenvalue weighted by atomic mass is 19.1. The number of aromatic nitrogens is 1. The van der Waals surface area contributed by atoms with E-state index in [9.17, 15) is 9.18 Å². The van der Waals surface area contributed by atoms with E-state index in [1.165, 1.54) is 12.1 Å². The Hall–Kier alpha value is -3.98. The highest BCUT2D eigenvalue weighted by Crippen LogP contribution is 2.37. The van der Waals surface area contributed by atoms with Crippen LogP contribution in [0.5, 0.6) is 0 Å². The minimum Gasteiger partial charge on any atom is -0.276 e. The Morgan fingerprint density at radius 1 is 0.567 bits per heavy atom. The van der Waals surface area contributed by atoms with E-state index in [0.29, 0.717) is 11.1 Å². The summed E-state index contributed by atoms with van der Waals surface area (Å²) in [6.07, 6.45) is 0. The Bertz CT molecular complexity index is 1390. The van der Waals surface area contributed by atoms with Crippen molar-refractivity contribution in [1.82, 2.24) is 4.57 Å². The summed E-state index contributed by atoms with van der Waals surface area (Å²) < 4.78 is 15.3. The summed E-state index contributed by atoms with van der Waals surface area (Å²) >= 11 is 0. The molecule has 0 N–H and O–H groups in total. The van der Waals surface area contributed by atoms with Crippen LogP contribution in [0.15, 0.2) is 114 Å². The van der Waals surface area contributed by atoms with E-state index >= 15 is 0 Å². The second kappa shape index (κ2) is 7.45. The molecule has 2 nitrogen and oxygen atoms in total. The molecule has 0 radical (unpaired) electrons. The van der Waals surface area contributed by atoms with Crippen molar-refractivity contribution in [1.29, 1.82) is 0 Å². The molecule has 0 aliphatic heterocycles. The summed E-state index contributed by atoms with van der Waals surface area (Å²) in [6, 6.07) is 33.6. The minimum absolute atomic E-state index is 0.129. The van der Waals surface area contributed by atoms with Crippen LogP contribution in [0.1, 0.15) is 0 Å². The van der Waals surface area contributed by atoms with E-state index in [-0.39, 0.29) is 11.4 Å². The molecule has 0 amide bonds. The number of rotatable bonds is 3. The van der Waals surface area contributed by atoms with Crippen molar-refractivity contribution in [3.05, 3.63) is 125 Å². The van der Waals surface area contributed by atoms with Crippen molar-refractivity contribution in [2.45, 2.75) is 0 Å². The second-order valence-electron chi connectivity index (χ2n) is 7.12. The van der Waals surface area contributed by atoms with Crippen molar-refractivity contribution < 1.29 is 4.39 Å². The molecular weight excluding hydrogens is 373 g/mol. The lowest BCUT2D eigenvalue weighted by atomic mass is 9.93. The highest BCUT2D eigenvalue weighted by molar-refractivity contribution is 6.03. The Balaban J connectivity index is 2.02. The summed E-state index contributed by atoms with van der Waals surface area (Å²) in [6.45, 7) is 0. The number of fused-ring (bicyclic) bond motifs is 1. The first-order valence-electron chi connectivity index (χ1n) is 9.78. The minimum atomic E-state index is -0.336. The van der Waals surface area contributed by atoms with Gasteiger partial charge < -0.3 is 0 Å². The van der Waals surface area contributed by atoms with Crippen molar-refractivity contribution in [3.63, 3.8) is 0 Å². The maximum Gasteiger partial charge on any atom is 0.263 e. The van der Waals surface area contributed by atoms with E-state index in [1.54, 1.807) is 16.7 Å².